The van der Waals surface area contributed by atoms with Crippen LogP contribution in [0.1, 0.15) is 6.92 Å². The van der Waals surface area contributed by atoms with Crippen molar-refractivity contribution in [3.8, 4) is 0 Å². The molecule has 0 radical (unpaired) electrons. The van der Waals surface area contributed by atoms with Crippen LogP contribution in [0.4, 0.5) is 65.9 Å². The maximum atomic E-state index is 13.7. The molecule has 1 unspecified atom stereocenters. The van der Waals surface area contributed by atoms with Gasteiger partial charge in [0.25, 0.3) is 0 Å². The first-order valence-electron chi connectivity index (χ1n) is 6.21. The van der Waals surface area contributed by atoms with E-state index in [-0.39, 0.29) is 0 Å². The third-order valence-electron chi connectivity index (χ3n) is 2.69. The average Bonchev–Trinajstić information content (AvgIpc) is 2.42. The highest BCUT2D eigenvalue weighted by Crippen LogP contribution is 2.57. The number of alkyl halides is 15. The minimum absolute atomic E-state index is 0.408. The van der Waals surface area contributed by atoms with Gasteiger partial charge in [-0.25, -0.2) is 9.53 Å². The van der Waals surface area contributed by atoms with Crippen LogP contribution >= 0.6 is 0 Å². The van der Waals surface area contributed by atoms with Crippen LogP contribution in [0.15, 0.2) is 12.2 Å². The maximum absolute atomic E-state index is 13.7. The van der Waals surface area contributed by atoms with E-state index in [2.05, 4.69) is 11.3 Å². The summed E-state index contributed by atoms with van der Waals surface area (Å²) in [6.45, 7) is 2.90. The topological polar surface area (TPSA) is 35.5 Å². The summed E-state index contributed by atoms with van der Waals surface area (Å²) in [4.78, 5) is 10.8. The summed E-state index contributed by atoms with van der Waals surface area (Å²) in [5, 5.41) is 0. The second-order valence-corrected chi connectivity index (χ2v) is 5.05. The second-order valence-electron chi connectivity index (χ2n) is 5.05. The molecule has 18 heteroatoms. The first-order valence-corrected chi connectivity index (χ1v) is 6.21. The number of hydrogen-bond donors (Lipinski definition) is 0. The van der Waals surface area contributed by atoms with Gasteiger partial charge in [0, 0.05) is 5.57 Å². The highest BCUT2D eigenvalue weighted by Gasteiger charge is 2.86. The SMILES string of the molecule is C=C(C)C(=O)OC(F)(C(F)(F)F)C(F)(F)OC(F)(F)C(F)(F)C(F)(F)C(F)(F)F. The molecule has 0 N–H and O–H groups in total. The first-order chi connectivity index (χ1) is 12.3. The van der Waals surface area contributed by atoms with Crippen molar-refractivity contribution in [3.63, 3.8) is 0 Å². The lowest BCUT2D eigenvalue weighted by atomic mass is 10.1. The number of rotatable bonds is 7. The predicted octanol–water partition coefficient (Wildman–Crippen LogP) is 5.37. The van der Waals surface area contributed by atoms with Gasteiger partial charge >= 0.3 is 48.2 Å². The molecule has 0 aromatic carbocycles. The largest absolute Gasteiger partial charge is 0.470 e. The molecule has 0 spiro atoms. The first kappa shape index (κ1) is 27.1. The third kappa shape index (κ3) is 4.50. The fourth-order valence-corrected chi connectivity index (χ4v) is 1.15. The molecular formula is C11H5F15O3. The van der Waals surface area contributed by atoms with E-state index in [1.54, 1.807) is 0 Å². The van der Waals surface area contributed by atoms with Crippen molar-refractivity contribution in [2.45, 2.75) is 49.2 Å². The molecule has 0 aromatic rings. The fourth-order valence-electron chi connectivity index (χ4n) is 1.15. The molecule has 172 valence electrons. The highest BCUT2D eigenvalue weighted by atomic mass is 19.4. The number of halogens is 15. The molecule has 0 aliphatic heterocycles. The van der Waals surface area contributed by atoms with Gasteiger partial charge in [-0.1, -0.05) is 6.58 Å². The van der Waals surface area contributed by atoms with E-state index in [1.807, 2.05) is 0 Å². The molecule has 0 amide bonds. The molecule has 0 fully saturated rings. The van der Waals surface area contributed by atoms with Gasteiger partial charge in [0.2, 0.25) is 0 Å². The summed E-state index contributed by atoms with van der Waals surface area (Å²) < 4.78 is 194. The lowest BCUT2D eigenvalue weighted by molar-refractivity contribution is -0.527. The number of hydrogen-bond acceptors (Lipinski definition) is 3. The predicted molar refractivity (Wildman–Crippen MR) is 57.7 cm³/mol. The number of esters is 1. The van der Waals surface area contributed by atoms with Crippen LogP contribution in [0.3, 0.4) is 0 Å². The minimum Gasteiger partial charge on any atom is -0.409 e. The zero-order chi connectivity index (χ0) is 24.1. The normalized spacial score (nSPS) is 17.0. The summed E-state index contributed by atoms with van der Waals surface area (Å²) in [6, 6.07) is 0. The van der Waals surface area contributed by atoms with Crippen molar-refractivity contribution < 1.29 is 80.1 Å². The molecule has 3 nitrogen and oxygen atoms in total. The van der Waals surface area contributed by atoms with Crippen LogP contribution in [-0.2, 0) is 14.3 Å². The zero-order valence-electron chi connectivity index (χ0n) is 13.1. The molecule has 0 heterocycles. The molecular weight excluding hydrogens is 465 g/mol. The molecule has 0 aliphatic carbocycles. The van der Waals surface area contributed by atoms with Crippen LogP contribution in [-0.4, -0.2) is 48.2 Å². The van der Waals surface area contributed by atoms with E-state index in [0.29, 0.717) is 6.92 Å². The molecule has 0 aromatic heterocycles. The van der Waals surface area contributed by atoms with Gasteiger partial charge in [0.15, 0.2) is 0 Å². The number of ether oxygens (including phenoxy) is 2. The van der Waals surface area contributed by atoms with E-state index >= 15 is 0 Å². The molecule has 0 saturated carbocycles. The lowest BCUT2D eigenvalue weighted by Gasteiger charge is -2.38. The molecule has 0 bridgehead atoms. The highest BCUT2D eigenvalue weighted by molar-refractivity contribution is 5.87. The fraction of sp³-hybridized carbons (Fsp3) is 0.727. The zero-order valence-corrected chi connectivity index (χ0v) is 13.1. The van der Waals surface area contributed by atoms with Gasteiger partial charge in [0.05, 0.1) is 0 Å². The standard InChI is InChI=1S/C11H5F15O3/c1-3(2)4(27)28-7(16,9(20,21)22)11(25,26)29-10(23,24)6(14,15)5(12,13)8(17,18)19/h1H2,2H3. The average molecular weight is 470 g/mol. The number of carbonyl (C=O) groups is 1. The van der Waals surface area contributed by atoms with Gasteiger partial charge < -0.3 is 4.74 Å². The Hall–Kier alpha value is -1.88. The number of carbonyl (C=O) groups excluding carboxylic acids is 1. The maximum Gasteiger partial charge on any atom is 0.470 e. The van der Waals surface area contributed by atoms with E-state index in [4.69, 9.17) is 0 Å². The van der Waals surface area contributed by atoms with Crippen molar-refractivity contribution in [1.29, 1.82) is 0 Å². The van der Waals surface area contributed by atoms with Crippen LogP contribution in [0, 0.1) is 0 Å². The van der Waals surface area contributed by atoms with E-state index in [1.165, 1.54) is 4.74 Å². The van der Waals surface area contributed by atoms with Crippen LogP contribution in [0.25, 0.3) is 0 Å². The Bertz CT molecular complexity index is 647. The summed E-state index contributed by atoms with van der Waals surface area (Å²) in [5.41, 5.74) is -1.28. The van der Waals surface area contributed by atoms with Gasteiger partial charge in [-0.05, 0) is 6.92 Å². The second kappa shape index (κ2) is 7.12. The summed E-state index contributed by atoms with van der Waals surface area (Å²) in [5.74, 6) is -25.6. The van der Waals surface area contributed by atoms with Gasteiger partial charge in [-0.2, -0.15) is 65.9 Å². The molecule has 0 saturated heterocycles. The lowest BCUT2D eigenvalue weighted by Crippen LogP contribution is -2.67. The Morgan fingerprint density at radius 2 is 1.03 bits per heavy atom. The summed E-state index contributed by atoms with van der Waals surface area (Å²) in [6.07, 6.45) is -30.0. The van der Waals surface area contributed by atoms with Gasteiger partial charge in [-0.15, -0.1) is 0 Å². The molecule has 29 heavy (non-hydrogen) atoms. The van der Waals surface area contributed by atoms with E-state index in [0.717, 1.165) is 0 Å². The smallest absolute Gasteiger partial charge is 0.409 e. The van der Waals surface area contributed by atoms with Crippen molar-refractivity contribution in [3.05, 3.63) is 12.2 Å². The Balaban J connectivity index is 6.35. The van der Waals surface area contributed by atoms with E-state index < -0.39 is 53.8 Å². The van der Waals surface area contributed by atoms with Crippen molar-refractivity contribution >= 4 is 5.97 Å². The van der Waals surface area contributed by atoms with Gasteiger partial charge in [0.1, 0.15) is 0 Å². The Kier molecular flexibility index (Phi) is 6.66. The monoisotopic (exact) mass is 470 g/mol. The van der Waals surface area contributed by atoms with Crippen LogP contribution in [0.2, 0.25) is 0 Å². The summed E-state index contributed by atoms with van der Waals surface area (Å²) >= 11 is 0. The molecule has 0 aliphatic rings. The minimum atomic E-state index is -7.98. The van der Waals surface area contributed by atoms with Gasteiger partial charge in [-0.3, -0.25) is 0 Å². The van der Waals surface area contributed by atoms with Crippen LogP contribution in [0.5, 0.6) is 0 Å². The van der Waals surface area contributed by atoms with Crippen LogP contribution < -0.4 is 0 Å². The van der Waals surface area contributed by atoms with Crippen molar-refractivity contribution in [2.75, 3.05) is 0 Å². The summed E-state index contributed by atoms with van der Waals surface area (Å²) in [7, 11) is 0. The van der Waals surface area contributed by atoms with Crippen molar-refractivity contribution in [1.82, 2.24) is 0 Å². The van der Waals surface area contributed by atoms with Crippen molar-refractivity contribution in [2.24, 2.45) is 0 Å². The molecule has 1 atom stereocenters. The third-order valence-corrected chi connectivity index (χ3v) is 2.69. The quantitative estimate of drug-likeness (QED) is 0.285. The van der Waals surface area contributed by atoms with E-state index in [9.17, 15) is 70.7 Å². The molecule has 0 rings (SSSR count). The Morgan fingerprint density at radius 3 is 1.31 bits per heavy atom. The Labute approximate surface area is 149 Å². The Morgan fingerprint density at radius 1 is 0.655 bits per heavy atom.